The molecule has 2 nitrogen and oxygen atoms in total. The van der Waals surface area contributed by atoms with E-state index < -0.39 is 0 Å². The highest BCUT2D eigenvalue weighted by Gasteiger charge is 2.03. The zero-order valence-corrected chi connectivity index (χ0v) is 10.6. The minimum Gasteiger partial charge on any atom is -0.494 e. The SMILES string of the molecule is CCOc1cccc(NCC(CC)CC)c1. The molecule has 0 spiro atoms. The molecular formula is C14H23NO. The van der Waals surface area contributed by atoms with Gasteiger partial charge in [-0.25, -0.2) is 0 Å². The standard InChI is InChI=1S/C14H23NO/c1-4-12(5-2)11-15-13-8-7-9-14(10-13)16-6-3/h7-10,12,15H,4-6,11H2,1-3H3. The number of nitrogens with one attached hydrogen (secondary N) is 1. The highest BCUT2D eigenvalue weighted by molar-refractivity contribution is 5.48. The van der Waals surface area contributed by atoms with Gasteiger partial charge < -0.3 is 10.1 Å². The largest absolute Gasteiger partial charge is 0.494 e. The van der Waals surface area contributed by atoms with E-state index in [1.165, 1.54) is 12.8 Å². The Morgan fingerprint density at radius 2 is 1.94 bits per heavy atom. The Morgan fingerprint density at radius 3 is 2.56 bits per heavy atom. The Bertz CT molecular complexity index is 295. The van der Waals surface area contributed by atoms with Gasteiger partial charge in [0.1, 0.15) is 5.75 Å². The van der Waals surface area contributed by atoms with E-state index in [1.54, 1.807) is 0 Å². The van der Waals surface area contributed by atoms with Gasteiger partial charge in [0.15, 0.2) is 0 Å². The topological polar surface area (TPSA) is 21.3 Å². The van der Waals surface area contributed by atoms with E-state index in [4.69, 9.17) is 4.74 Å². The van der Waals surface area contributed by atoms with E-state index in [9.17, 15) is 0 Å². The summed E-state index contributed by atoms with van der Waals surface area (Å²) < 4.78 is 5.47. The maximum absolute atomic E-state index is 5.47. The molecule has 0 saturated carbocycles. The molecule has 0 saturated heterocycles. The molecule has 1 aromatic carbocycles. The van der Waals surface area contributed by atoms with E-state index in [-0.39, 0.29) is 0 Å². The third-order valence-corrected chi connectivity index (χ3v) is 2.89. The summed E-state index contributed by atoms with van der Waals surface area (Å²) >= 11 is 0. The third-order valence-electron chi connectivity index (χ3n) is 2.89. The number of ether oxygens (including phenoxy) is 1. The van der Waals surface area contributed by atoms with Crippen LogP contribution in [0, 0.1) is 5.92 Å². The Morgan fingerprint density at radius 1 is 1.19 bits per heavy atom. The molecule has 0 amide bonds. The predicted molar refractivity (Wildman–Crippen MR) is 70.2 cm³/mol. The van der Waals surface area contributed by atoms with Crippen LogP contribution in [0.25, 0.3) is 0 Å². The van der Waals surface area contributed by atoms with Crippen molar-refractivity contribution >= 4 is 5.69 Å². The molecule has 0 aliphatic heterocycles. The molecule has 0 aromatic heterocycles. The molecule has 16 heavy (non-hydrogen) atoms. The van der Waals surface area contributed by atoms with Gasteiger partial charge in [0.2, 0.25) is 0 Å². The number of benzene rings is 1. The van der Waals surface area contributed by atoms with E-state index in [1.807, 2.05) is 19.1 Å². The van der Waals surface area contributed by atoms with Gasteiger partial charge in [-0.05, 0) is 25.0 Å². The first kappa shape index (κ1) is 12.9. The summed E-state index contributed by atoms with van der Waals surface area (Å²) in [5.74, 6) is 1.70. The van der Waals surface area contributed by atoms with Gasteiger partial charge in [-0.3, -0.25) is 0 Å². The van der Waals surface area contributed by atoms with Crippen LogP contribution < -0.4 is 10.1 Å². The van der Waals surface area contributed by atoms with E-state index >= 15 is 0 Å². The Kier molecular flexibility index (Phi) is 5.76. The number of hydrogen-bond acceptors (Lipinski definition) is 2. The summed E-state index contributed by atoms with van der Waals surface area (Å²) in [6.07, 6.45) is 2.46. The van der Waals surface area contributed by atoms with Crippen molar-refractivity contribution in [3.63, 3.8) is 0 Å². The smallest absolute Gasteiger partial charge is 0.121 e. The first-order valence-corrected chi connectivity index (χ1v) is 6.26. The maximum Gasteiger partial charge on any atom is 0.121 e. The average Bonchev–Trinajstić information content (AvgIpc) is 2.31. The molecule has 1 N–H and O–H groups in total. The fourth-order valence-electron chi connectivity index (χ4n) is 1.70. The second-order valence-electron chi connectivity index (χ2n) is 4.02. The van der Waals surface area contributed by atoms with Crippen LogP contribution in [-0.2, 0) is 0 Å². The van der Waals surface area contributed by atoms with Gasteiger partial charge >= 0.3 is 0 Å². The number of hydrogen-bond donors (Lipinski definition) is 1. The molecule has 0 bridgehead atoms. The van der Waals surface area contributed by atoms with Gasteiger partial charge in [-0.2, -0.15) is 0 Å². The van der Waals surface area contributed by atoms with E-state index in [0.717, 1.165) is 30.5 Å². The summed E-state index contributed by atoms with van der Waals surface area (Å²) in [5.41, 5.74) is 1.15. The van der Waals surface area contributed by atoms with Gasteiger partial charge in [-0.1, -0.05) is 32.8 Å². The zero-order valence-electron chi connectivity index (χ0n) is 10.6. The molecule has 0 atom stereocenters. The quantitative estimate of drug-likeness (QED) is 0.753. The van der Waals surface area contributed by atoms with Crippen LogP contribution in [0.4, 0.5) is 5.69 Å². The summed E-state index contributed by atoms with van der Waals surface area (Å²) in [6.45, 7) is 8.25. The molecule has 0 heterocycles. The molecule has 90 valence electrons. The second kappa shape index (κ2) is 7.15. The molecule has 0 fully saturated rings. The first-order chi connectivity index (χ1) is 7.80. The van der Waals surface area contributed by atoms with Crippen molar-refractivity contribution in [1.82, 2.24) is 0 Å². The summed E-state index contributed by atoms with van der Waals surface area (Å²) in [4.78, 5) is 0. The average molecular weight is 221 g/mol. The highest BCUT2D eigenvalue weighted by Crippen LogP contribution is 2.18. The minimum atomic E-state index is 0.718. The van der Waals surface area contributed by atoms with Crippen LogP contribution >= 0.6 is 0 Å². The van der Waals surface area contributed by atoms with Crippen LogP contribution in [-0.4, -0.2) is 13.2 Å². The van der Waals surface area contributed by atoms with E-state index in [0.29, 0.717) is 0 Å². The van der Waals surface area contributed by atoms with Crippen molar-refractivity contribution in [2.24, 2.45) is 5.92 Å². The zero-order chi connectivity index (χ0) is 11.8. The first-order valence-electron chi connectivity index (χ1n) is 6.26. The van der Waals surface area contributed by atoms with Gasteiger partial charge in [0, 0.05) is 18.3 Å². The third kappa shape index (κ3) is 4.13. The Hall–Kier alpha value is -1.18. The predicted octanol–water partition coefficient (Wildman–Crippen LogP) is 3.93. The maximum atomic E-state index is 5.47. The lowest BCUT2D eigenvalue weighted by atomic mass is 10.0. The molecule has 0 unspecified atom stereocenters. The Labute approximate surface area is 99.0 Å². The molecule has 1 aromatic rings. The lowest BCUT2D eigenvalue weighted by Crippen LogP contribution is -2.12. The molecular weight excluding hydrogens is 198 g/mol. The van der Waals surface area contributed by atoms with Crippen molar-refractivity contribution in [3.05, 3.63) is 24.3 Å². The van der Waals surface area contributed by atoms with Crippen molar-refractivity contribution in [3.8, 4) is 5.75 Å². The molecule has 0 radical (unpaired) electrons. The minimum absolute atomic E-state index is 0.718. The van der Waals surface area contributed by atoms with Gasteiger partial charge in [0.25, 0.3) is 0 Å². The lowest BCUT2D eigenvalue weighted by molar-refractivity contribution is 0.340. The molecule has 1 rings (SSSR count). The van der Waals surface area contributed by atoms with Crippen LogP contribution in [0.1, 0.15) is 33.6 Å². The van der Waals surface area contributed by atoms with Crippen LogP contribution in [0.3, 0.4) is 0 Å². The van der Waals surface area contributed by atoms with Crippen molar-refractivity contribution in [2.75, 3.05) is 18.5 Å². The Balaban J connectivity index is 2.49. The number of anilines is 1. The molecule has 2 heteroatoms. The summed E-state index contributed by atoms with van der Waals surface area (Å²) in [7, 11) is 0. The highest BCUT2D eigenvalue weighted by atomic mass is 16.5. The molecule has 0 aliphatic rings. The van der Waals surface area contributed by atoms with E-state index in [2.05, 4.69) is 31.3 Å². The fraction of sp³-hybridized carbons (Fsp3) is 0.571. The monoisotopic (exact) mass is 221 g/mol. The van der Waals surface area contributed by atoms with Gasteiger partial charge in [0.05, 0.1) is 6.61 Å². The second-order valence-corrected chi connectivity index (χ2v) is 4.02. The van der Waals surface area contributed by atoms with Crippen molar-refractivity contribution in [1.29, 1.82) is 0 Å². The normalized spacial score (nSPS) is 10.5. The van der Waals surface area contributed by atoms with Crippen LogP contribution in [0.2, 0.25) is 0 Å². The van der Waals surface area contributed by atoms with Gasteiger partial charge in [-0.15, -0.1) is 0 Å². The van der Waals surface area contributed by atoms with Crippen LogP contribution in [0.15, 0.2) is 24.3 Å². The summed E-state index contributed by atoms with van der Waals surface area (Å²) in [5, 5.41) is 3.47. The lowest BCUT2D eigenvalue weighted by Gasteiger charge is -2.14. The van der Waals surface area contributed by atoms with Crippen molar-refractivity contribution < 1.29 is 4.74 Å². The summed E-state index contributed by atoms with van der Waals surface area (Å²) in [6, 6.07) is 8.17. The fourth-order valence-corrected chi connectivity index (χ4v) is 1.70. The van der Waals surface area contributed by atoms with Crippen LogP contribution in [0.5, 0.6) is 5.75 Å². The molecule has 0 aliphatic carbocycles. The van der Waals surface area contributed by atoms with Crippen molar-refractivity contribution in [2.45, 2.75) is 33.6 Å². The number of rotatable bonds is 7.